The van der Waals surface area contributed by atoms with Crippen LogP contribution in [-0.2, 0) is 5.60 Å². The molecule has 3 aromatic rings. The fraction of sp³-hybridized carbons (Fsp3) is 0.333. The molecule has 0 saturated heterocycles. The predicted molar refractivity (Wildman–Crippen MR) is 135 cm³/mol. The van der Waals surface area contributed by atoms with Gasteiger partial charge in [0.15, 0.2) is 5.96 Å². The van der Waals surface area contributed by atoms with Crippen LogP contribution in [0.15, 0.2) is 65.2 Å². The minimum atomic E-state index is -1.01. The summed E-state index contributed by atoms with van der Waals surface area (Å²) in [6.45, 7) is 5.36. The molecule has 2 aromatic heterocycles. The molecule has 0 bridgehead atoms. The summed E-state index contributed by atoms with van der Waals surface area (Å²) in [7, 11) is 0. The molecule has 2 heterocycles. The van der Waals surface area contributed by atoms with Gasteiger partial charge < -0.3 is 15.7 Å². The van der Waals surface area contributed by atoms with E-state index in [1.165, 1.54) is 11.3 Å². The number of rotatable bonds is 8. The zero-order valence-corrected chi connectivity index (χ0v) is 20.9. The molecule has 0 aliphatic rings. The molecule has 0 spiro atoms. The molecule has 0 fully saturated rings. The van der Waals surface area contributed by atoms with Crippen LogP contribution >= 0.6 is 46.9 Å². The van der Waals surface area contributed by atoms with Crippen molar-refractivity contribution in [1.82, 2.24) is 20.4 Å². The Hall–Kier alpha value is -1.62. The largest absolute Gasteiger partial charge is 0.383 e. The van der Waals surface area contributed by atoms with Gasteiger partial charge in [0, 0.05) is 35.4 Å². The van der Waals surface area contributed by atoms with Crippen LogP contribution in [0.4, 0.5) is 0 Å². The first-order chi connectivity index (χ1) is 14.0. The quantitative estimate of drug-likeness (QED) is 0.219. The van der Waals surface area contributed by atoms with Gasteiger partial charge in [-0.1, -0.05) is 29.8 Å². The summed E-state index contributed by atoms with van der Waals surface area (Å²) in [5.74, 6) is 0.649. The Kier molecular flexibility index (Phi) is 9.60. The zero-order valence-electron chi connectivity index (χ0n) is 17.0. The van der Waals surface area contributed by atoms with Crippen LogP contribution in [0.1, 0.15) is 30.3 Å². The third-order valence-corrected chi connectivity index (χ3v) is 5.88. The van der Waals surface area contributed by atoms with Gasteiger partial charge in [0.25, 0.3) is 0 Å². The highest BCUT2D eigenvalue weighted by Crippen LogP contribution is 2.25. The molecule has 3 N–H and O–H groups in total. The molecule has 0 saturated carbocycles. The number of aromatic nitrogens is 2. The van der Waals surface area contributed by atoms with E-state index < -0.39 is 5.60 Å². The second-order valence-corrected chi connectivity index (χ2v) is 8.26. The molecule has 9 heteroatoms. The smallest absolute Gasteiger partial charge is 0.191 e. The highest BCUT2D eigenvalue weighted by atomic mass is 127. The van der Waals surface area contributed by atoms with Gasteiger partial charge in [-0.3, -0.25) is 4.68 Å². The first-order valence-corrected chi connectivity index (χ1v) is 10.8. The molecule has 3 rings (SSSR count). The fourth-order valence-electron chi connectivity index (χ4n) is 2.95. The van der Waals surface area contributed by atoms with Gasteiger partial charge in [-0.2, -0.15) is 5.10 Å². The lowest BCUT2D eigenvalue weighted by Crippen LogP contribution is -2.41. The van der Waals surface area contributed by atoms with Gasteiger partial charge in [-0.05, 0) is 49.1 Å². The number of guanidine groups is 1. The Morgan fingerprint density at radius 3 is 2.63 bits per heavy atom. The lowest BCUT2D eigenvalue weighted by Gasteiger charge is -2.23. The van der Waals surface area contributed by atoms with E-state index in [2.05, 4.69) is 20.7 Å². The van der Waals surface area contributed by atoms with Crippen molar-refractivity contribution in [2.24, 2.45) is 4.99 Å². The van der Waals surface area contributed by atoms with Gasteiger partial charge in [-0.15, -0.1) is 35.3 Å². The van der Waals surface area contributed by atoms with Crippen LogP contribution < -0.4 is 10.6 Å². The van der Waals surface area contributed by atoms with Gasteiger partial charge in [0.2, 0.25) is 0 Å². The standard InChI is InChI=1S/C21H26ClN5OS.HI/c1-3-23-20(25-15-21(2,28)19-6-4-13-29-19)24-14-18(27-12-5-11-26-27)16-7-9-17(22)10-8-16;/h4-13,18,28H,3,14-15H2,1-2H3,(H2,23,24,25);1H. The fourth-order valence-corrected chi connectivity index (χ4v) is 3.85. The van der Waals surface area contributed by atoms with E-state index in [0.29, 0.717) is 17.5 Å². The Bertz CT molecular complexity index is 898. The Balaban J connectivity index is 0.00000320. The van der Waals surface area contributed by atoms with E-state index in [1.807, 2.05) is 65.6 Å². The van der Waals surface area contributed by atoms with Gasteiger partial charge >= 0.3 is 0 Å². The number of halogens is 2. The lowest BCUT2D eigenvalue weighted by atomic mass is 10.1. The Morgan fingerprint density at radius 2 is 2.03 bits per heavy atom. The highest BCUT2D eigenvalue weighted by Gasteiger charge is 2.24. The summed E-state index contributed by atoms with van der Waals surface area (Å²) in [6.07, 6.45) is 3.70. The van der Waals surface area contributed by atoms with Crippen molar-refractivity contribution in [2.45, 2.75) is 25.5 Å². The highest BCUT2D eigenvalue weighted by molar-refractivity contribution is 14.0. The lowest BCUT2D eigenvalue weighted by molar-refractivity contribution is 0.0711. The van der Waals surface area contributed by atoms with Crippen LogP contribution in [0.5, 0.6) is 0 Å². The monoisotopic (exact) mass is 559 g/mol. The molecule has 0 aliphatic heterocycles. The second kappa shape index (κ2) is 11.7. The summed E-state index contributed by atoms with van der Waals surface area (Å²) in [4.78, 5) is 5.50. The van der Waals surface area contributed by atoms with Crippen LogP contribution in [-0.4, -0.2) is 40.5 Å². The number of benzene rings is 1. The minimum Gasteiger partial charge on any atom is -0.383 e. The number of nitrogens with zero attached hydrogens (tertiary/aromatic N) is 3. The normalized spacial score (nSPS) is 14.5. The summed E-state index contributed by atoms with van der Waals surface area (Å²) >= 11 is 7.57. The van der Waals surface area contributed by atoms with E-state index in [9.17, 15) is 5.11 Å². The maximum atomic E-state index is 10.7. The first-order valence-electron chi connectivity index (χ1n) is 9.52. The molecule has 0 radical (unpaired) electrons. The number of aliphatic hydroxyl groups is 1. The predicted octanol–water partition coefficient (Wildman–Crippen LogP) is 4.27. The molecule has 0 aliphatic carbocycles. The van der Waals surface area contributed by atoms with Crippen molar-refractivity contribution in [2.75, 3.05) is 19.6 Å². The van der Waals surface area contributed by atoms with E-state index in [1.54, 1.807) is 13.1 Å². The summed E-state index contributed by atoms with van der Waals surface area (Å²) < 4.78 is 1.90. The average Bonchev–Trinajstić information content (AvgIpc) is 3.42. The topological polar surface area (TPSA) is 74.5 Å². The van der Waals surface area contributed by atoms with Crippen molar-refractivity contribution in [3.63, 3.8) is 0 Å². The molecule has 2 unspecified atom stereocenters. The van der Waals surface area contributed by atoms with Crippen LogP contribution in [0.3, 0.4) is 0 Å². The van der Waals surface area contributed by atoms with Crippen molar-refractivity contribution in [3.05, 3.63) is 75.7 Å². The van der Waals surface area contributed by atoms with E-state index >= 15 is 0 Å². The third kappa shape index (κ3) is 6.69. The molecular weight excluding hydrogens is 533 g/mol. The second-order valence-electron chi connectivity index (χ2n) is 6.88. The number of hydrogen-bond donors (Lipinski definition) is 3. The van der Waals surface area contributed by atoms with Crippen molar-refractivity contribution in [1.29, 1.82) is 0 Å². The molecule has 0 amide bonds. The Labute approximate surface area is 203 Å². The van der Waals surface area contributed by atoms with Crippen LogP contribution in [0.25, 0.3) is 0 Å². The van der Waals surface area contributed by atoms with Gasteiger partial charge in [-0.25, -0.2) is 4.99 Å². The van der Waals surface area contributed by atoms with E-state index in [4.69, 9.17) is 11.6 Å². The number of hydrogen-bond acceptors (Lipinski definition) is 4. The summed E-state index contributed by atoms with van der Waals surface area (Å²) in [5, 5.41) is 24.4. The van der Waals surface area contributed by atoms with Crippen molar-refractivity contribution in [3.8, 4) is 0 Å². The molecule has 162 valence electrons. The molecule has 1 aromatic carbocycles. The molecule has 2 atom stereocenters. The molecule has 6 nitrogen and oxygen atoms in total. The third-order valence-electron chi connectivity index (χ3n) is 4.50. The van der Waals surface area contributed by atoms with E-state index in [-0.39, 0.29) is 36.6 Å². The molecule has 30 heavy (non-hydrogen) atoms. The summed E-state index contributed by atoms with van der Waals surface area (Å²) in [5.41, 5.74) is 0.0840. The summed E-state index contributed by atoms with van der Waals surface area (Å²) in [6, 6.07) is 13.5. The number of aliphatic imine (C=N–C) groups is 1. The minimum absolute atomic E-state index is 0. The van der Waals surface area contributed by atoms with Gasteiger partial charge in [0.05, 0.1) is 12.6 Å². The molecular formula is C21H27ClIN5OS. The van der Waals surface area contributed by atoms with Crippen molar-refractivity contribution >= 4 is 52.9 Å². The zero-order chi connectivity index (χ0) is 20.7. The number of thiophene rings is 1. The Morgan fingerprint density at radius 1 is 1.27 bits per heavy atom. The maximum Gasteiger partial charge on any atom is 0.191 e. The van der Waals surface area contributed by atoms with Crippen molar-refractivity contribution < 1.29 is 5.11 Å². The average molecular weight is 560 g/mol. The SMILES string of the molecule is CCNC(=NCC(C)(O)c1cccs1)NCC(c1ccc(Cl)cc1)n1cccn1.I. The van der Waals surface area contributed by atoms with E-state index in [0.717, 1.165) is 17.0 Å². The van der Waals surface area contributed by atoms with Gasteiger partial charge in [0.1, 0.15) is 5.60 Å². The maximum absolute atomic E-state index is 10.7. The first kappa shape index (κ1) is 24.6. The van der Waals surface area contributed by atoms with Crippen LogP contribution in [0.2, 0.25) is 5.02 Å². The number of nitrogens with one attached hydrogen (secondary N) is 2. The van der Waals surface area contributed by atoms with Crippen LogP contribution in [0, 0.1) is 0 Å².